The third-order valence-electron chi connectivity index (χ3n) is 2.51. The van der Waals surface area contributed by atoms with Gasteiger partial charge in [-0.1, -0.05) is 6.07 Å². The third-order valence-corrected chi connectivity index (χ3v) is 2.51. The van der Waals surface area contributed by atoms with Gasteiger partial charge in [-0.15, -0.1) is 0 Å². The topological polar surface area (TPSA) is 63.2 Å². The average Bonchev–Trinajstić information content (AvgIpc) is 2.34. The normalized spacial score (nSPS) is 12.9. The maximum absolute atomic E-state index is 11.9. The number of carbonyl (C=O) groups is 1. The first-order valence-electron chi connectivity index (χ1n) is 6.36. The molecule has 1 amide bonds. The van der Waals surface area contributed by atoms with E-state index in [4.69, 9.17) is 4.74 Å². The lowest BCUT2D eigenvalue weighted by Gasteiger charge is -2.23. The molecule has 1 atom stereocenters. The van der Waals surface area contributed by atoms with Crippen LogP contribution in [0.3, 0.4) is 0 Å². The van der Waals surface area contributed by atoms with Gasteiger partial charge in [-0.25, -0.2) is 4.98 Å². The first-order chi connectivity index (χ1) is 8.81. The van der Waals surface area contributed by atoms with Crippen LogP contribution < -0.4 is 15.4 Å². The minimum absolute atomic E-state index is 0.00558. The number of pyridine rings is 1. The maximum Gasteiger partial charge on any atom is 0.237 e. The Hall–Kier alpha value is -1.62. The fourth-order valence-corrected chi connectivity index (χ4v) is 1.48. The molecule has 1 rings (SSSR count). The summed E-state index contributed by atoms with van der Waals surface area (Å²) in [6, 6.07) is 3.48. The van der Waals surface area contributed by atoms with Crippen LogP contribution in [0, 0.1) is 0 Å². The number of nitrogens with zero attached hydrogens (tertiary/aromatic N) is 1. The van der Waals surface area contributed by atoms with Crippen molar-refractivity contribution >= 4 is 5.91 Å². The van der Waals surface area contributed by atoms with E-state index in [1.54, 1.807) is 19.4 Å². The van der Waals surface area contributed by atoms with Gasteiger partial charge in [-0.2, -0.15) is 0 Å². The van der Waals surface area contributed by atoms with Crippen molar-refractivity contribution in [3.05, 3.63) is 23.9 Å². The van der Waals surface area contributed by atoms with E-state index in [-0.39, 0.29) is 17.5 Å². The molecular weight excluding hydrogens is 242 g/mol. The predicted molar refractivity (Wildman–Crippen MR) is 75.0 cm³/mol. The summed E-state index contributed by atoms with van der Waals surface area (Å²) in [5.41, 5.74) is 0.797. The van der Waals surface area contributed by atoms with Crippen molar-refractivity contribution in [2.75, 3.05) is 7.11 Å². The number of ether oxygens (including phenoxy) is 1. The number of hydrogen-bond donors (Lipinski definition) is 2. The van der Waals surface area contributed by atoms with Crippen molar-refractivity contribution in [2.24, 2.45) is 0 Å². The highest BCUT2D eigenvalue weighted by Crippen LogP contribution is 2.06. The quantitative estimate of drug-likeness (QED) is 0.846. The molecule has 0 aromatic carbocycles. The zero-order valence-corrected chi connectivity index (χ0v) is 12.3. The van der Waals surface area contributed by atoms with Crippen LogP contribution in [-0.4, -0.2) is 29.6 Å². The molecule has 5 nitrogen and oxygen atoms in total. The van der Waals surface area contributed by atoms with Crippen LogP contribution in [0.1, 0.15) is 33.3 Å². The number of methoxy groups -OCH3 is 1. The molecule has 1 aromatic heterocycles. The summed E-state index contributed by atoms with van der Waals surface area (Å²) in [6.45, 7) is 8.33. The first kappa shape index (κ1) is 15.4. The fraction of sp³-hybridized carbons (Fsp3) is 0.571. The highest BCUT2D eigenvalue weighted by atomic mass is 16.5. The standard InChI is InChI=1S/C14H23N3O2/c1-10(13(18)17-14(2,3)4)15-8-11-6-7-12(19-5)16-9-11/h6-7,9-10,15H,8H2,1-5H3,(H,17,18). The van der Waals surface area contributed by atoms with Gasteiger partial charge in [-0.05, 0) is 33.3 Å². The second-order valence-corrected chi connectivity index (χ2v) is 5.55. The maximum atomic E-state index is 11.9. The molecular formula is C14H23N3O2. The van der Waals surface area contributed by atoms with E-state index in [1.165, 1.54) is 0 Å². The second-order valence-electron chi connectivity index (χ2n) is 5.55. The monoisotopic (exact) mass is 265 g/mol. The summed E-state index contributed by atoms with van der Waals surface area (Å²) in [5.74, 6) is 0.580. The van der Waals surface area contributed by atoms with Gasteiger partial charge in [0, 0.05) is 24.3 Å². The molecule has 0 bridgehead atoms. The number of rotatable bonds is 5. The Bertz CT molecular complexity index is 410. The van der Waals surface area contributed by atoms with Gasteiger partial charge >= 0.3 is 0 Å². The van der Waals surface area contributed by atoms with E-state index in [0.29, 0.717) is 12.4 Å². The molecule has 0 aliphatic carbocycles. The van der Waals surface area contributed by atoms with Crippen molar-refractivity contribution in [3.8, 4) is 5.88 Å². The van der Waals surface area contributed by atoms with Crippen LogP contribution in [0.25, 0.3) is 0 Å². The Labute approximate surface area is 114 Å². The summed E-state index contributed by atoms with van der Waals surface area (Å²) >= 11 is 0. The van der Waals surface area contributed by atoms with Gasteiger partial charge in [0.25, 0.3) is 0 Å². The van der Waals surface area contributed by atoms with Gasteiger partial charge in [0.1, 0.15) is 0 Å². The van der Waals surface area contributed by atoms with E-state index in [0.717, 1.165) is 5.56 Å². The zero-order valence-electron chi connectivity index (χ0n) is 12.3. The van der Waals surface area contributed by atoms with Crippen LogP contribution in [-0.2, 0) is 11.3 Å². The number of carbonyl (C=O) groups excluding carboxylic acids is 1. The predicted octanol–water partition coefficient (Wildman–Crippen LogP) is 1.48. The van der Waals surface area contributed by atoms with Crippen LogP contribution >= 0.6 is 0 Å². The highest BCUT2D eigenvalue weighted by Gasteiger charge is 2.18. The Morgan fingerprint density at radius 3 is 2.58 bits per heavy atom. The van der Waals surface area contributed by atoms with Gasteiger partial charge in [0.05, 0.1) is 13.2 Å². The fourth-order valence-electron chi connectivity index (χ4n) is 1.48. The summed E-state index contributed by atoms with van der Waals surface area (Å²) in [4.78, 5) is 16.0. The number of hydrogen-bond acceptors (Lipinski definition) is 4. The lowest BCUT2D eigenvalue weighted by molar-refractivity contribution is -0.124. The molecule has 0 aliphatic rings. The second kappa shape index (κ2) is 6.52. The molecule has 19 heavy (non-hydrogen) atoms. The third kappa shape index (κ3) is 5.70. The zero-order chi connectivity index (χ0) is 14.5. The summed E-state index contributed by atoms with van der Waals surface area (Å²) in [6.07, 6.45) is 1.74. The average molecular weight is 265 g/mol. The summed E-state index contributed by atoms with van der Waals surface area (Å²) < 4.78 is 4.99. The van der Waals surface area contributed by atoms with Gasteiger partial charge < -0.3 is 15.4 Å². The minimum Gasteiger partial charge on any atom is -0.481 e. The van der Waals surface area contributed by atoms with Crippen molar-refractivity contribution in [3.63, 3.8) is 0 Å². The molecule has 0 fully saturated rings. The SMILES string of the molecule is COc1ccc(CNC(C)C(=O)NC(C)(C)C)cn1. The largest absolute Gasteiger partial charge is 0.481 e. The Kier molecular flexibility index (Phi) is 5.30. The molecule has 0 aliphatic heterocycles. The Morgan fingerprint density at radius 1 is 1.42 bits per heavy atom. The molecule has 5 heteroatoms. The molecule has 0 saturated heterocycles. The number of amides is 1. The first-order valence-corrected chi connectivity index (χ1v) is 6.36. The van der Waals surface area contributed by atoms with Crippen LogP contribution in [0.2, 0.25) is 0 Å². The van der Waals surface area contributed by atoms with Gasteiger partial charge in [0.15, 0.2) is 0 Å². The Balaban J connectivity index is 2.44. The van der Waals surface area contributed by atoms with Gasteiger partial charge in [0.2, 0.25) is 11.8 Å². The lowest BCUT2D eigenvalue weighted by Crippen LogP contribution is -2.49. The van der Waals surface area contributed by atoms with E-state index < -0.39 is 0 Å². The van der Waals surface area contributed by atoms with Gasteiger partial charge in [-0.3, -0.25) is 4.79 Å². The molecule has 106 valence electrons. The van der Waals surface area contributed by atoms with Crippen LogP contribution in [0.5, 0.6) is 5.88 Å². The van der Waals surface area contributed by atoms with Crippen molar-refractivity contribution in [1.29, 1.82) is 0 Å². The van der Waals surface area contributed by atoms with E-state index >= 15 is 0 Å². The van der Waals surface area contributed by atoms with Crippen LogP contribution in [0.4, 0.5) is 0 Å². The summed E-state index contributed by atoms with van der Waals surface area (Å²) in [7, 11) is 1.58. The lowest BCUT2D eigenvalue weighted by atomic mass is 10.1. The van der Waals surface area contributed by atoms with E-state index in [2.05, 4.69) is 15.6 Å². The highest BCUT2D eigenvalue weighted by molar-refractivity contribution is 5.81. The Morgan fingerprint density at radius 2 is 2.11 bits per heavy atom. The smallest absolute Gasteiger partial charge is 0.237 e. The van der Waals surface area contributed by atoms with E-state index in [1.807, 2.05) is 33.8 Å². The number of nitrogens with one attached hydrogen (secondary N) is 2. The van der Waals surface area contributed by atoms with Crippen molar-refractivity contribution in [2.45, 2.75) is 45.8 Å². The van der Waals surface area contributed by atoms with Crippen molar-refractivity contribution < 1.29 is 9.53 Å². The molecule has 1 aromatic rings. The summed E-state index contributed by atoms with van der Waals surface area (Å²) in [5, 5.41) is 6.10. The molecule has 0 saturated carbocycles. The molecule has 1 heterocycles. The van der Waals surface area contributed by atoms with E-state index in [9.17, 15) is 4.79 Å². The molecule has 1 unspecified atom stereocenters. The molecule has 2 N–H and O–H groups in total. The van der Waals surface area contributed by atoms with Crippen LogP contribution in [0.15, 0.2) is 18.3 Å². The van der Waals surface area contributed by atoms with Crippen molar-refractivity contribution in [1.82, 2.24) is 15.6 Å². The number of aromatic nitrogens is 1. The molecule has 0 radical (unpaired) electrons. The minimum atomic E-state index is -0.249. The molecule has 0 spiro atoms.